The van der Waals surface area contributed by atoms with Gasteiger partial charge in [0.2, 0.25) is 23.6 Å². The first-order chi connectivity index (χ1) is 28.3. The number of aromatic nitrogens is 4. The number of rotatable bonds is 19. The van der Waals surface area contributed by atoms with Crippen molar-refractivity contribution in [3.63, 3.8) is 0 Å². The maximum atomic E-state index is 12.4. The van der Waals surface area contributed by atoms with E-state index in [1.54, 1.807) is 0 Å². The van der Waals surface area contributed by atoms with Gasteiger partial charge in [0.05, 0.1) is 19.0 Å². The number of ether oxygens (including phenoxy) is 2. The highest BCUT2D eigenvalue weighted by Crippen LogP contribution is 2.30. The fraction of sp³-hybridized carbons (Fsp3) is 0.367. The zero-order valence-electron chi connectivity index (χ0n) is 35.2. The molecule has 0 atom stereocenters. The summed E-state index contributed by atoms with van der Waals surface area (Å²) in [5.74, 6) is 3.48. The van der Waals surface area contributed by atoms with E-state index in [4.69, 9.17) is 18.3 Å². The summed E-state index contributed by atoms with van der Waals surface area (Å²) in [6.45, 7) is 14.2. The maximum Gasteiger partial charge on any atom is 0.248 e. The molecule has 0 aliphatic heterocycles. The molecule has 10 heteroatoms. The van der Waals surface area contributed by atoms with Gasteiger partial charge in [-0.3, -0.25) is 4.79 Å². The molecule has 0 spiro atoms. The van der Waals surface area contributed by atoms with Crippen molar-refractivity contribution < 1.29 is 28.2 Å². The van der Waals surface area contributed by atoms with Gasteiger partial charge < -0.3 is 23.4 Å². The first-order valence-corrected chi connectivity index (χ1v) is 20.6. The van der Waals surface area contributed by atoms with Crippen LogP contribution in [0.25, 0.3) is 45.8 Å². The molecule has 6 aromatic rings. The second kappa shape index (κ2) is 19.6. The summed E-state index contributed by atoms with van der Waals surface area (Å²) in [6, 6.07) is 31.6. The molecule has 4 aromatic carbocycles. The number of aliphatic hydroxyl groups is 1. The average molecular weight is 797 g/mol. The molecule has 0 saturated carbocycles. The number of unbranched alkanes of at least 4 members (excludes halogenated alkanes) is 4. The van der Waals surface area contributed by atoms with Gasteiger partial charge in [-0.2, -0.15) is 0 Å². The molecular formula is C49H56N4O6. The first-order valence-electron chi connectivity index (χ1n) is 20.6. The van der Waals surface area contributed by atoms with E-state index in [0.29, 0.717) is 49.6 Å². The Balaban J connectivity index is 0.804. The van der Waals surface area contributed by atoms with Gasteiger partial charge in [0.15, 0.2) is 5.78 Å². The van der Waals surface area contributed by atoms with Gasteiger partial charge in [-0.05, 0) is 133 Å². The number of hydrogen-bond donors (Lipinski definition) is 1. The van der Waals surface area contributed by atoms with Gasteiger partial charge >= 0.3 is 0 Å². The van der Waals surface area contributed by atoms with Gasteiger partial charge in [0, 0.05) is 41.2 Å². The van der Waals surface area contributed by atoms with E-state index < -0.39 is 0 Å². The summed E-state index contributed by atoms with van der Waals surface area (Å²) in [4.78, 5) is 12.4. The van der Waals surface area contributed by atoms with Crippen LogP contribution in [0.15, 0.2) is 118 Å². The SMILES string of the molecule is CC(C)(C)c1ccc(-c2nnc(-c3ccc(OCCCCCC(=O)/C=C(\O)CCCCCOc4ccc(-c5nnc(-c6ccc(C(C)(C)C)cc6)o5)cc4)cc3)o2)cc1. The van der Waals surface area contributed by atoms with Crippen LogP contribution in [0.5, 0.6) is 11.5 Å². The smallest absolute Gasteiger partial charge is 0.248 e. The third kappa shape index (κ3) is 12.5. The predicted octanol–water partition coefficient (Wildman–Crippen LogP) is 12.3. The van der Waals surface area contributed by atoms with Crippen LogP contribution in [0.3, 0.4) is 0 Å². The van der Waals surface area contributed by atoms with Crippen molar-refractivity contribution in [3.05, 3.63) is 120 Å². The monoisotopic (exact) mass is 796 g/mol. The van der Waals surface area contributed by atoms with Gasteiger partial charge in [0.25, 0.3) is 0 Å². The summed E-state index contributed by atoms with van der Waals surface area (Å²) in [6.07, 6.45) is 7.15. The molecule has 6 rings (SSSR count). The highest BCUT2D eigenvalue weighted by Gasteiger charge is 2.17. The van der Waals surface area contributed by atoms with Crippen LogP contribution in [-0.2, 0) is 15.6 Å². The van der Waals surface area contributed by atoms with E-state index >= 15 is 0 Å². The number of nitrogens with zero attached hydrogens (tertiary/aromatic N) is 4. The Hall–Kier alpha value is -6.03. The summed E-state index contributed by atoms with van der Waals surface area (Å²) >= 11 is 0. The minimum atomic E-state index is -0.0524. The Bertz CT molecular complexity index is 2260. The molecule has 0 aliphatic carbocycles. The number of ketones is 1. The molecule has 1 N–H and O–H groups in total. The molecule has 2 aromatic heterocycles. The van der Waals surface area contributed by atoms with Gasteiger partial charge in [0.1, 0.15) is 11.5 Å². The van der Waals surface area contributed by atoms with Crippen LogP contribution in [0.4, 0.5) is 0 Å². The lowest BCUT2D eigenvalue weighted by molar-refractivity contribution is -0.114. The zero-order chi connectivity index (χ0) is 41.8. The van der Waals surface area contributed by atoms with Crippen molar-refractivity contribution in [2.75, 3.05) is 13.2 Å². The lowest BCUT2D eigenvalue weighted by atomic mass is 9.87. The average Bonchev–Trinajstić information content (AvgIpc) is 3.92. The fourth-order valence-electron chi connectivity index (χ4n) is 6.40. The zero-order valence-corrected chi connectivity index (χ0v) is 35.2. The van der Waals surface area contributed by atoms with E-state index in [1.807, 2.05) is 72.8 Å². The van der Waals surface area contributed by atoms with Crippen molar-refractivity contribution in [1.29, 1.82) is 0 Å². The summed E-state index contributed by atoms with van der Waals surface area (Å²) in [5, 5.41) is 27.2. The first kappa shape index (κ1) is 42.6. The van der Waals surface area contributed by atoms with Gasteiger partial charge in [-0.25, -0.2) is 0 Å². The molecular weight excluding hydrogens is 741 g/mol. The molecule has 59 heavy (non-hydrogen) atoms. The molecule has 0 saturated heterocycles. The number of carbonyl (C=O) groups is 1. The normalized spacial score (nSPS) is 12.1. The van der Waals surface area contributed by atoms with E-state index in [9.17, 15) is 9.90 Å². The van der Waals surface area contributed by atoms with E-state index in [1.165, 1.54) is 17.2 Å². The lowest BCUT2D eigenvalue weighted by Gasteiger charge is -2.18. The summed E-state index contributed by atoms with van der Waals surface area (Å²) < 4.78 is 23.7. The predicted molar refractivity (Wildman–Crippen MR) is 231 cm³/mol. The summed E-state index contributed by atoms with van der Waals surface area (Å²) in [5.41, 5.74) is 6.06. The van der Waals surface area contributed by atoms with Gasteiger partial charge in [-0.15, -0.1) is 20.4 Å². The number of aliphatic hydroxyl groups excluding tert-OH is 1. The largest absolute Gasteiger partial charge is 0.512 e. The van der Waals surface area contributed by atoms with E-state index in [2.05, 4.69) is 86.2 Å². The minimum absolute atomic E-state index is 0.0524. The Kier molecular flexibility index (Phi) is 14.2. The third-order valence-electron chi connectivity index (χ3n) is 10.1. The Morgan fingerprint density at radius 1 is 0.508 bits per heavy atom. The van der Waals surface area contributed by atoms with Crippen molar-refractivity contribution >= 4 is 5.78 Å². The highest BCUT2D eigenvalue weighted by atomic mass is 16.5. The van der Waals surface area contributed by atoms with Crippen molar-refractivity contribution in [2.45, 2.75) is 104 Å². The van der Waals surface area contributed by atoms with Crippen molar-refractivity contribution in [2.24, 2.45) is 0 Å². The second-order valence-corrected chi connectivity index (χ2v) is 16.9. The van der Waals surface area contributed by atoms with Crippen molar-refractivity contribution in [3.8, 4) is 57.3 Å². The fourth-order valence-corrected chi connectivity index (χ4v) is 6.40. The van der Waals surface area contributed by atoms with E-state index in [-0.39, 0.29) is 22.4 Å². The lowest BCUT2D eigenvalue weighted by Crippen LogP contribution is -2.10. The maximum absolute atomic E-state index is 12.4. The number of hydrogen-bond acceptors (Lipinski definition) is 10. The topological polar surface area (TPSA) is 134 Å². The van der Waals surface area contributed by atoms with Crippen LogP contribution < -0.4 is 9.47 Å². The molecule has 0 amide bonds. The van der Waals surface area contributed by atoms with Gasteiger partial charge in [-0.1, -0.05) is 65.8 Å². The molecule has 0 aliphatic rings. The van der Waals surface area contributed by atoms with Crippen LogP contribution in [-0.4, -0.2) is 44.5 Å². The molecule has 308 valence electrons. The van der Waals surface area contributed by atoms with Crippen LogP contribution in [0.1, 0.15) is 104 Å². The van der Waals surface area contributed by atoms with Crippen LogP contribution >= 0.6 is 0 Å². The van der Waals surface area contributed by atoms with Crippen LogP contribution in [0.2, 0.25) is 0 Å². The standard InChI is InChI=1S/C49H56N4O6/c1-48(2,3)38-23-15-34(16-24-38)44-50-52-46(58-44)36-19-27-42(28-20-36)56-31-11-7-9-13-40(54)33-41(55)14-10-8-12-32-57-43-29-21-37(22-30-43)47-53-51-45(59-47)35-17-25-39(26-18-35)49(4,5)6/h15-30,33,54H,7-14,31-32H2,1-6H3/b40-33-. The van der Waals surface area contributed by atoms with Crippen LogP contribution in [0, 0.1) is 0 Å². The van der Waals surface area contributed by atoms with Crippen molar-refractivity contribution in [1.82, 2.24) is 20.4 Å². The molecule has 2 heterocycles. The summed E-state index contributed by atoms with van der Waals surface area (Å²) in [7, 11) is 0. The number of benzene rings is 4. The Morgan fingerprint density at radius 2 is 0.847 bits per heavy atom. The third-order valence-corrected chi connectivity index (χ3v) is 10.1. The highest BCUT2D eigenvalue weighted by molar-refractivity contribution is 5.89. The quantitative estimate of drug-likeness (QED) is 0.0479. The molecule has 0 fully saturated rings. The van der Waals surface area contributed by atoms with E-state index in [0.717, 1.165) is 72.3 Å². The Labute approximate surface area is 347 Å². The molecule has 0 unspecified atom stereocenters. The second-order valence-electron chi connectivity index (χ2n) is 16.9. The molecule has 0 radical (unpaired) electrons. The Morgan fingerprint density at radius 3 is 1.20 bits per heavy atom. The number of allylic oxidation sites excluding steroid dienone is 2. The number of carbonyl (C=O) groups excluding carboxylic acids is 1. The molecule has 0 bridgehead atoms. The minimum Gasteiger partial charge on any atom is -0.512 e. The molecule has 10 nitrogen and oxygen atoms in total.